The summed E-state index contributed by atoms with van der Waals surface area (Å²) in [6.45, 7) is 4.19. The molecule has 0 fully saturated rings. The smallest absolute Gasteiger partial charge is 0.213 e. The van der Waals surface area contributed by atoms with E-state index in [1.165, 1.54) is 12.1 Å². The number of benzene rings is 1. The Kier molecular flexibility index (Phi) is 3.33. The minimum Gasteiger partial charge on any atom is -0.444 e. The molecular formula is C12H12ClFN2O. The summed E-state index contributed by atoms with van der Waals surface area (Å²) in [4.78, 5) is 4.23. The van der Waals surface area contributed by atoms with Gasteiger partial charge in [0, 0.05) is 5.69 Å². The molecule has 0 aliphatic rings. The highest BCUT2D eigenvalue weighted by molar-refractivity contribution is 6.31. The van der Waals surface area contributed by atoms with Gasteiger partial charge in [0.2, 0.25) is 5.89 Å². The molecule has 0 spiro atoms. The summed E-state index contributed by atoms with van der Waals surface area (Å²) in [5.74, 6) is 0.972. The van der Waals surface area contributed by atoms with Crippen LogP contribution in [0.25, 0.3) is 0 Å². The van der Waals surface area contributed by atoms with E-state index in [1.807, 2.05) is 13.8 Å². The van der Waals surface area contributed by atoms with Gasteiger partial charge in [0.05, 0.1) is 17.3 Å². The minimum atomic E-state index is -0.431. The Morgan fingerprint density at radius 2 is 2.18 bits per heavy atom. The average molecular weight is 255 g/mol. The van der Waals surface area contributed by atoms with E-state index >= 15 is 0 Å². The molecule has 2 aromatic rings. The second-order valence-corrected chi connectivity index (χ2v) is 4.14. The number of halogens is 2. The first-order chi connectivity index (χ1) is 8.06. The molecule has 0 amide bonds. The lowest BCUT2D eigenvalue weighted by atomic mass is 10.3. The maximum atomic E-state index is 12.9. The summed E-state index contributed by atoms with van der Waals surface area (Å²) in [6.07, 6.45) is 0. The second kappa shape index (κ2) is 4.75. The first kappa shape index (κ1) is 11.9. The van der Waals surface area contributed by atoms with E-state index in [2.05, 4.69) is 10.3 Å². The van der Waals surface area contributed by atoms with Gasteiger partial charge >= 0.3 is 0 Å². The van der Waals surface area contributed by atoms with Gasteiger partial charge in [-0.1, -0.05) is 11.6 Å². The van der Waals surface area contributed by atoms with Gasteiger partial charge in [-0.25, -0.2) is 9.37 Å². The predicted molar refractivity (Wildman–Crippen MR) is 64.7 cm³/mol. The van der Waals surface area contributed by atoms with Crippen LogP contribution < -0.4 is 5.32 Å². The van der Waals surface area contributed by atoms with Crippen molar-refractivity contribution in [1.82, 2.24) is 4.98 Å². The van der Waals surface area contributed by atoms with Crippen LogP contribution in [0.1, 0.15) is 17.3 Å². The molecule has 0 unspecified atom stereocenters. The molecule has 90 valence electrons. The molecule has 1 N–H and O–H groups in total. The number of hydrogen-bond donors (Lipinski definition) is 1. The van der Waals surface area contributed by atoms with Crippen molar-refractivity contribution in [1.29, 1.82) is 0 Å². The van der Waals surface area contributed by atoms with Gasteiger partial charge in [-0.2, -0.15) is 0 Å². The third-order valence-electron chi connectivity index (χ3n) is 2.44. The van der Waals surface area contributed by atoms with Crippen molar-refractivity contribution in [3.05, 3.63) is 46.4 Å². The van der Waals surface area contributed by atoms with Crippen molar-refractivity contribution < 1.29 is 8.81 Å². The number of nitrogens with one attached hydrogen (secondary N) is 1. The van der Waals surface area contributed by atoms with Gasteiger partial charge in [-0.3, -0.25) is 0 Å². The topological polar surface area (TPSA) is 38.1 Å². The molecule has 17 heavy (non-hydrogen) atoms. The van der Waals surface area contributed by atoms with Crippen LogP contribution in [0.15, 0.2) is 22.6 Å². The molecular weight excluding hydrogens is 243 g/mol. The quantitative estimate of drug-likeness (QED) is 0.908. The summed E-state index contributed by atoms with van der Waals surface area (Å²) in [5.41, 5.74) is 1.60. The van der Waals surface area contributed by atoms with Crippen molar-refractivity contribution in [2.24, 2.45) is 0 Å². The molecule has 5 heteroatoms. The fourth-order valence-electron chi connectivity index (χ4n) is 1.40. The number of oxazole rings is 1. The SMILES string of the molecule is Cc1nc(CNc2ccc(F)c(Cl)c2)oc1C. The lowest BCUT2D eigenvalue weighted by Gasteiger charge is -2.04. The number of anilines is 1. The summed E-state index contributed by atoms with van der Waals surface area (Å²) in [5, 5.41) is 3.15. The van der Waals surface area contributed by atoms with E-state index in [-0.39, 0.29) is 5.02 Å². The molecule has 3 nitrogen and oxygen atoms in total. The Bertz CT molecular complexity index is 520. The molecule has 0 bridgehead atoms. The number of aryl methyl sites for hydroxylation is 2. The molecule has 0 saturated carbocycles. The van der Waals surface area contributed by atoms with Gasteiger partial charge in [0.15, 0.2) is 0 Å². The maximum Gasteiger partial charge on any atom is 0.213 e. The minimum absolute atomic E-state index is 0.0924. The molecule has 1 heterocycles. The molecule has 0 atom stereocenters. The highest BCUT2D eigenvalue weighted by atomic mass is 35.5. The Balaban J connectivity index is 2.04. The normalized spacial score (nSPS) is 10.6. The molecule has 2 rings (SSSR count). The Morgan fingerprint density at radius 3 is 2.76 bits per heavy atom. The van der Waals surface area contributed by atoms with Crippen molar-refractivity contribution in [3.8, 4) is 0 Å². The van der Waals surface area contributed by atoms with Crippen molar-refractivity contribution >= 4 is 17.3 Å². The van der Waals surface area contributed by atoms with Crippen LogP contribution in [0, 0.1) is 19.7 Å². The van der Waals surface area contributed by atoms with E-state index in [1.54, 1.807) is 6.07 Å². The van der Waals surface area contributed by atoms with E-state index in [4.69, 9.17) is 16.0 Å². The molecule has 0 aliphatic heterocycles. The van der Waals surface area contributed by atoms with Crippen molar-refractivity contribution in [2.45, 2.75) is 20.4 Å². The first-order valence-electron chi connectivity index (χ1n) is 5.18. The zero-order valence-corrected chi connectivity index (χ0v) is 10.3. The summed E-state index contributed by atoms with van der Waals surface area (Å²) < 4.78 is 18.3. The fourth-order valence-corrected chi connectivity index (χ4v) is 1.58. The monoisotopic (exact) mass is 254 g/mol. The van der Waals surface area contributed by atoms with Crippen LogP contribution in [0.4, 0.5) is 10.1 Å². The number of rotatable bonds is 3. The van der Waals surface area contributed by atoms with Gasteiger partial charge in [-0.05, 0) is 32.0 Å². The van der Waals surface area contributed by atoms with Gasteiger partial charge in [0.25, 0.3) is 0 Å². The van der Waals surface area contributed by atoms with Crippen LogP contribution in [-0.4, -0.2) is 4.98 Å². The summed E-state index contributed by atoms with van der Waals surface area (Å²) in [7, 11) is 0. The highest BCUT2D eigenvalue weighted by Crippen LogP contribution is 2.20. The summed E-state index contributed by atoms with van der Waals surface area (Å²) in [6, 6.07) is 4.46. The number of nitrogens with zero attached hydrogens (tertiary/aromatic N) is 1. The Morgan fingerprint density at radius 1 is 1.41 bits per heavy atom. The van der Waals surface area contributed by atoms with Gasteiger partial charge < -0.3 is 9.73 Å². The maximum absolute atomic E-state index is 12.9. The third kappa shape index (κ3) is 2.77. The van der Waals surface area contributed by atoms with Crippen LogP contribution in [0.5, 0.6) is 0 Å². The van der Waals surface area contributed by atoms with Crippen LogP contribution >= 0.6 is 11.6 Å². The Labute approximate surface area is 104 Å². The second-order valence-electron chi connectivity index (χ2n) is 3.73. The van der Waals surface area contributed by atoms with Crippen molar-refractivity contribution in [2.75, 3.05) is 5.32 Å². The number of aromatic nitrogens is 1. The molecule has 0 aliphatic carbocycles. The predicted octanol–water partition coefficient (Wildman–Crippen LogP) is 3.70. The lowest BCUT2D eigenvalue weighted by Crippen LogP contribution is -1.99. The van der Waals surface area contributed by atoms with Crippen LogP contribution in [0.2, 0.25) is 5.02 Å². The molecule has 0 saturated heterocycles. The fraction of sp³-hybridized carbons (Fsp3) is 0.250. The lowest BCUT2D eigenvalue weighted by molar-refractivity contribution is 0.478. The van der Waals surface area contributed by atoms with Crippen LogP contribution in [0.3, 0.4) is 0 Å². The molecule has 0 radical (unpaired) electrons. The van der Waals surface area contributed by atoms with E-state index < -0.39 is 5.82 Å². The van der Waals surface area contributed by atoms with E-state index in [9.17, 15) is 4.39 Å². The molecule has 1 aromatic carbocycles. The first-order valence-corrected chi connectivity index (χ1v) is 5.56. The van der Waals surface area contributed by atoms with Crippen LogP contribution in [-0.2, 0) is 6.54 Å². The van der Waals surface area contributed by atoms with E-state index in [0.29, 0.717) is 12.4 Å². The zero-order valence-electron chi connectivity index (χ0n) is 9.55. The van der Waals surface area contributed by atoms with E-state index in [0.717, 1.165) is 17.1 Å². The van der Waals surface area contributed by atoms with Gasteiger partial charge in [0.1, 0.15) is 11.6 Å². The number of hydrogen-bond acceptors (Lipinski definition) is 3. The average Bonchev–Trinajstić information content (AvgIpc) is 2.60. The van der Waals surface area contributed by atoms with Crippen molar-refractivity contribution in [3.63, 3.8) is 0 Å². The molecule has 1 aromatic heterocycles. The van der Waals surface area contributed by atoms with Gasteiger partial charge in [-0.15, -0.1) is 0 Å². The highest BCUT2D eigenvalue weighted by Gasteiger charge is 2.06. The zero-order chi connectivity index (χ0) is 12.4. The summed E-state index contributed by atoms with van der Waals surface area (Å²) >= 11 is 5.67. The third-order valence-corrected chi connectivity index (χ3v) is 2.73. The Hall–Kier alpha value is -1.55. The standard InChI is InChI=1S/C12H12ClFN2O/c1-7-8(2)17-12(16-7)6-15-9-3-4-11(14)10(13)5-9/h3-5,15H,6H2,1-2H3. The largest absolute Gasteiger partial charge is 0.444 e.